The fourth-order valence-electron chi connectivity index (χ4n) is 2.93. The highest BCUT2D eigenvalue weighted by Gasteiger charge is 2.19. The van der Waals surface area contributed by atoms with E-state index in [4.69, 9.17) is 4.74 Å². The van der Waals surface area contributed by atoms with Gasteiger partial charge in [-0.1, -0.05) is 82.8 Å². The average molecular weight is 323 g/mol. The fraction of sp³-hybridized carbons (Fsp3) is 0.857. The van der Waals surface area contributed by atoms with Crippen molar-refractivity contribution < 1.29 is 9.53 Å². The second-order valence-corrected chi connectivity index (χ2v) is 7.30. The minimum atomic E-state index is -0.0546. The molecule has 0 amide bonds. The first-order valence-corrected chi connectivity index (χ1v) is 10.0. The molecule has 1 aliphatic carbocycles. The van der Waals surface area contributed by atoms with Gasteiger partial charge in [0.25, 0.3) is 0 Å². The maximum atomic E-state index is 11.7. The molecule has 0 aromatic carbocycles. The minimum absolute atomic E-state index is 0.0546. The Kier molecular flexibility index (Phi) is 12.0. The van der Waals surface area contributed by atoms with Crippen LogP contribution < -0.4 is 0 Å². The van der Waals surface area contributed by atoms with Crippen LogP contribution in [0.15, 0.2) is 11.6 Å². The number of carbonyl (C=O) groups excluding carboxylic acids is 1. The van der Waals surface area contributed by atoms with Crippen molar-refractivity contribution in [3.63, 3.8) is 0 Å². The van der Waals surface area contributed by atoms with Crippen LogP contribution in [0, 0.1) is 5.92 Å². The molecule has 1 aliphatic rings. The van der Waals surface area contributed by atoms with Crippen molar-refractivity contribution in [1.82, 2.24) is 0 Å². The number of allylic oxidation sites excluding steroid dienone is 1. The Morgan fingerprint density at radius 1 is 1.00 bits per heavy atom. The first kappa shape index (κ1) is 20.3. The molecule has 0 atom stereocenters. The largest absolute Gasteiger partial charge is 0.465 e. The van der Waals surface area contributed by atoms with Gasteiger partial charge >= 0.3 is 5.97 Å². The highest BCUT2D eigenvalue weighted by Crippen LogP contribution is 2.34. The number of rotatable bonds is 15. The van der Waals surface area contributed by atoms with Crippen LogP contribution in [-0.2, 0) is 9.53 Å². The van der Waals surface area contributed by atoms with E-state index >= 15 is 0 Å². The molecule has 134 valence electrons. The normalized spacial score (nSPS) is 15.0. The van der Waals surface area contributed by atoms with Crippen molar-refractivity contribution >= 4 is 5.97 Å². The van der Waals surface area contributed by atoms with E-state index in [1.165, 1.54) is 70.6 Å². The lowest BCUT2D eigenvalue weighted by Crippen LogP contribution is -2.06. The summed E-state index contributed by atoms with van der Waals surface area (Å²) >= 11 is 0. The standard InChI is InChI=1S/C21H38O2/c1-3-4-5-7-10-13-19(2)18-21(22)23-17-12-9-6-8-11-14-20-15-16-20/h13,20H,3-12,14-18H2,1-2H3/b19-13+. The summed E-state index contributed by atoms with van der Waals surface area (Å²) in [5.41, 5.74) is 1.16. The van der Waals surface area contributed by atoms with Gasteiger partial charge < -0.3 is 4.74 Å². The maximum Gasteiger partial charge on any atom is 0.309 e. The van der Waals surface area contributed by atoms with E-state index < -0.39 is 0 Å². The molecule has 0 N–H and O–H groups in total. The molecule has 1 rings (SSSR count). The summed E-state index contributed by atoms with van der Waals surface area (Å²) in [4.78, 5) is 11.7. The van der Waals surface area contributed by atoms with Crippen LogP contribution >= 0.6 is 0 Å². The quantitative estimate of drug-likeness (QED) is 0.193. The van der Waals surface area contributed by atoms with Crippen molar-refractivity contribution in [2.24, 2.45) is 5.92 Å². The van der Waals surface area contributed by atoms with Gasteiger partial charge in [0.1, 0.15) is 0 Å². The Labute approximate surface area is 144 Å². The van der Waals surface area contributed by atoms with Crippen LogP contribution in [0.3, 0.4) is 0 Å². The topological polar surface area (TPSA) is 26.3 Å². The van der Waals surface area contributed by atoms with E-state index in [1.54, 1.807) is 0 Å². The molecule has 1 fully saturated rings. The summed E-state index contributed by atoms with van der Waals surface area (Å²) in [7, 11) is 0. The Morgan fingerprint density at radius 3 is 2.43 bits per heavy atom. The lowest BCUT2D eigenvalue weighted by Gasteiger charge is -2.05. The predicted octanol–water partition coefficient (Wildman–Crippen LogP) is 6.59. The third kappa shape index (κ3) is 13.4. The third-order valence-electron chi connectivity index (χ3n) is 4.69. The van der Waals surface area contributed by atoms with Gasteiger partial charge in [0.05, 0.1) is 13.0 Å². The Balaban J connectivity index is 1.87. The van der Waals surface area contributed by atoms with Gasteiger partial charge in [-0.15, -0.1) is 0 Å². The summed E-state index contributed by atoms with van der Waals surface area (Å²) in [6.45, 7) is 4.87. The number of hydrogen-bond donors (Lipinski definition) is 0. The first-order valence-electron chi connectivity index (χ1n) is 10.0. The summed E-state index contributed by atoms with van der Waals surface area (Å²) in [6.07, 6.45) is 19.5. The molecule has 0 saturated heterocycles. The van der Waals surface area contributed by atoms with Gasteiger partial charge in [0.15, 0.2) is 0 Å². The monoisotopic (exact) mass is 322 g/mol. The van der Waals surface area contributed by atoms with Crippen molar-refractivity contribution in [1.29, 1.82) is 0 Å². The summed E-state index contributed by atoms with van der Waals surface area (Å²) < 4.78 is 5.33. The van der Waals surface area contributed by atoms with Gasteiger partial charge in [-0.3, -0.25) is 4.79 Å². The predicted molar refractivity (Wildman–Crippen MR) is 98.5 cm³/mol. The molecule has 0 heterocycles. The molecule has 0 aliphatic heterocycles. The van der Waals surface area contributed by atoms with Crippen molar-refractivity contribution in [2.45, 2.75) is 104 Å². The Hall–Kier alpha value is -0.790. The van der Waals surface area contributed by atoms with Gasteiger partial charge in [-0.25, -0.2) is 0 Å². The molecule has 0 spiro atoms. The maximum absolute atomic E-state index is 11.7. The third-order valence-corrected chi connectivity index (χ3v) is 4.69. The highest BCUT2D eigenvalue weighted by atomic mass is 16.5. The van der Waals surface area contributed by atoms with Crippen LogP contribution in [0.4, 0.5) is 0 Å². The summed E-state index contributed by atoms with van der Waals surface area (Å²) in [6, 6.07) is 0. The number of ether oxygens (including phenoxy) is 1. The molecular weight excluding hydrogens is 284 g/mol. The van der Waals surface area contributed by atoms with Crippen LogP contribution in [0.2, 0.25) is 0 Å². The molecule has 0 aromatic rings. The van der Waals surface area contributed by atoms with Crippen LogP contribution in [-0.4, -0.2) is 12.6 Å². The van der Waals surface area contributed by atoms with Crippen LogP contribution in [0.25, 0.3) is 0 Å². The smallest absolute Gasteiger partial charge is 0.309 e. The lowest BCUT2D eigenvalue weighted by molar-refractivity contribution is -0.142. The lowest BCUT2D eigenvalue weighted by atomic mass is 10.1. The van der Waals surface area contributed by atoms with Crippen molar-refractivity contribution in [3.8, 4) is 0 Å². The summed E-state index contributed by atoms with van der Waals surface area (Å²) in [5.74, 6) is 1.01. The van der Waals surface area contributed by atoms with Crippen LogP contribution in [0.1, 0.15) is 104 Å². The fourth-order valence-corrected chi connectivity index (χ4v) is 2.93. The molecule has 1 saturated carbocycles. The van der Waals surface area contributed by atoms with E-state index in [9.17, 15) is 4.79 Å². The van der Waals surface area contributed by atoms with Gasteiger partial charge in [-0.05, 0) is 32.1 Å². The number of carbonyl (C=O) groups is 1. The SMILES string of the molecule is CCCCCC/C=C(\C)CC(=O)OCCCCCCCC1CC1. The Bertz CT molecular complexity index is 329. The molecule has 0 radical (unpaired) electrons. The zero-order chi connectivity index (χ0) is 16.8. The van der Waals surface area contributed by atoms with E-state index in [-0.39, 0.29) is 5.97 Å². The summed E-state index contributed by atoms with van der Waals surface area (Å²) in [5, 5.41) is 0. The van der Waals surface area contributed by atoms with E-state index in [0.29, 0.717) is 13.0 Å². The van der Waals surface area contributed by atoms with Gasteiger partial charge in [0, 0.05) is 0 Å². The van der Waals surface area contributed by atoms with E-state index in [1.807, 2.05) is 6.92 Å². The molecule has 0 bridgehead atoms. The molecule has 2 nitrogen and oxygen atoms in total. The minimum Gasteiger partial charge on any atom is -0.465 e. The molecular formula is C21H38O2. The first-order chi connectivity index (χ1) is 11.2. The van der Waals surface area contributed by atoms with Gasteiger partial charge in [-0.2, -0.15) is 0 Å². The second kappa shape index (κ2) is 13.6. The number of esters is 1. The zero-order valence-electron chi connectivity index (χ0n) is 15.6. The van der Waals surface area contributed by atoms with E-state index in [0.717, 1.165) is 24.3 Å². The van der Waals surface area contributed by atoms with Crippen molar-refractivity contribution in [2.75, 3.05) is 6.61 Å². The highest BCUT2D eigenvalue weighted by molar-refractivity contribution is 5.72. The van der Waals surface area contributed by atoms with E-state index in [2.05, 4.69) is 13.0 Å². The zero-order valence-corrected chi connectivity index (χ0v) is 15.6. The molecule has 0 unspecified atom stereocenters. The molecule has 2 heteroatoms. The average Bonchev–Trinajstić information content (AvgIpc) is 3.34. The second-order valence-electron chi connectivity index (χ2n) is 7.30. The molecule has 23 heavy (non-hydrogen) atoms. The van der Waals surface area contributed by atoms with Gasteiger partial charge in [0.2, 0.25) is 0 Å². The number of hydrogen-bond acceptors (Lipinski definition) is 2. The Morgan fingerprint density at radius 2 is 1.70 bits per heavy atom. The van der Waals surface area contributed by atoms with Crippen LogP contribution in [0.5, 0.6) is 0 Å². The number of unbranched alkanes of at least 4 members (excludes halogenated alkanes) is 8. The van der Waals surface area contributed by atoms with Crippen molar-refractivity contribution in [3.05, 3.63) is 11.6 Å². The molecule has 0 aromatic heterocycles.